The molecule has 4 aromatic rings. The summed E-state index contributed by atoms with van der Waals surface area (Å²) in [5.41, 5.74) is 1.01. The van der Waals surface area contributed by atoms with Crippen LogP contribution in [-0.4, -0.2) is 18.2 Å². The molecule has 1 heterocycles. The maximum absolute atomic E-state index is 12.9. The largest absolute Gasteiger partial charge is 0.416 e. The predicted molar refractivity (Wildman–Crippen MR) is 124 cm³/mol. The minimum absolute atomic E-state index is 0.0244. The molecule has 3 aromatic carbocycles. The molecule has 0 fully saturated rings. The molecule has 1 N–H and O–H groups in total. The Morgan fingerprint density at radius 3 is 2.09 bits per heavy atom. The molecule has 0 aliphatic heterocycles. The van der Waals surface area contributed by atoms with Gasteiger partial charge in [-0.1, -0.05) is 41.9 Å². The summed E-state index contributed by atoms with van der Waals surface area (Å²) >= 11 is 9.41. The van der Waals surface area contributed by atoms with E-state index in [1.165, 1.54) is 0 Å². The molecule has 0 aliphatic rings. The van der Waals surface area contributed by atoms with Crippen molar-refractivity contribution in [3.05, 3.63) is 93.9 Å². The highest BCUT2D eigenvalue weighted by Gasteiger charge is 2.31. The summed E-state index contributed by atoms with van der Waals surface area (Å²) in [5, 5.41) is 4.93. The van der Waals surface area contributed by atoms with Crippen LogP contribution in [-0.2, 0) is 16.2 Å². The van der Waals surface area contributed by atoms with Gasteiger partial charge in [-0.2, -0.15) is 13.2 Å². The Labute approximate surface area is 201 Å². The molecular weight excluding hydrogens is 543 g/mol. The van der Waals surface area contributed by atoms with Crippen LogP contribution in [0.2, 0.25) is 5.02 Å². The van der Waals surface area contributed by atoms with Crippen molar-refractivity contribution in [1.29, 1.82) is 0 Å². The number of rotatable bonds is 5. The van der Waals surface area contributed by atoms with Crippen molar-refractivity contribution in [2.24, 2.45) is 0 Å². The molecule has 0 radical (unpaired) electrons. The normalized spacial score (nSPS) is 12.0. The Kier molecular flexibility index (Phi) is 6.26. The van der Waals surface area contributed by atoms with Crippen LogP contribution < -0.4 is 4.72 Å². The lowest BCUT2D eigenvalue weighted by Gasteiger charge is -2.09. The second-order valence-electron chi connectivity index (χ2n) is 6.89. The summed E-state index contributed by atoms with van der Waals surface area (Å²) < 4.78 is 68.5. The highest BCUT2D eigenvalue weighted by molar-refractivity contribution is 9.10. The van der Waals surface area contributed by atoms with Crippen molar-refractivity contribution >= 4 is 43.4 Å². The predicted octanol–water partition coefficient (Wildman–Crippen LogP) is 6.77. The van der Waals surface area contributed by atoms with Crippen molar-refractivity contribution in [1.82, 2.24) is 9.78 Å². The van der Waals surface area contributed by atoms with Gasteiger partial charge >= 0.3 is 6.18 Å². The first-order valence-corrected chi connectivity index (χ1v) is 12.0. The molecule has 0 bridgehead atoms. The highest BCUT2D eigenvalue weighted by Crippen LogP contribution is 2.37. The Morgan fingerprint density at radius 1 is 0.909 bits per heavy atom. The highest BCUT2D eigenvalue weighted by atomic mass is 79.9. The van der Waals surface area contributed by atoms with E-state index < -0.39 is 21.8 Å². The van der Waals surface area contributed by atoms with E-state index in [1.807, 2.05) is 30.3 Å². The smallest absolute Gasteiger partial charge is 0.261 e. The topological polar surface area (TPSA) is 64.0 Å². The number of aromatic nitrogens is 2. The lowest BCUT2D eigenvalue weighted by molar-refractivity contribution is -0.137. The molecule has 33 heavy (non-hydrogen) atoms. The molecule has 0 saturated heterocycles. The summed E-state index contributed by atoms with van der Waals surface area (Å²) in [7, 11) is -4.22. The lowest BCUT2D eigenvalue weighted by atomic mass is 10.1. The zero-order valence-electron chi connectivity index (χ0n) is 16.5. The quantitative estimate of drug-likeness (QED) is 0.295. The summed E-state index contributed by atoms with van der Waals surface area (Å²) in [6.07, 6.45) is -4.57. The van der Waals surface area contributed by atoms with Gasteiger partial charge in [-0.05, 0) is 64.5 Å². The van der Waals surface area contributed by atoms with Crippen LogP contribution in [0.1, 0.15) is 5.56 Å². The minimum Gasteiger partial charge on any atom is -0.261 e. The van der Waals surface area contributed by atoms with Gasteiger partial charge in [0.1, 0.15) is 0 Å². The van der Waals surface area contributed by atoms with Crippen molar-refractivity contribution in [3.63, 3.8) is 0 Å². The van der Waals surface area contributed by atoms with Crippen LogP contribution in [0, 0.1) is 0 Å². The number of sulfonamides is 1. The zero-order valence-corrected chi connectivity index (χ0v) is 19.7. The fourth-order valence-electron chi connectivity index (χ4n) is 3.09. The van der Waals surface area contributed by atoms with E-state index in [1.54, 1.807) is 28.9 Å². The maximum atomic E-state index is 12.9. The van der Waals surface area contributed by atoms with Crippen LogP contribution in [0.15, 0.2) is 88.2 Å². The van der Waals surface area contributed by atoms with Gasteiger partial charge in [-0.3, -0.25) is 4.72 Å². The number of nitrogens with zero attached hydrogens (tertiary/aromatic N) is 2. The Morgan fingerprint density at radius 2 is 1.52 bits per heavy atom. The van der Waals surface area contributed by atoms with Crippen LogP contribution in [0.3, 0.4) is 0 Å². The number of hydrogen-bond donors (Lipinski definition) is 1. The van der Waals surface area contributed by atoms with Crippen molar-refractivity contribution in [2.75, 3.05) is 4.72 Å². The second kappa shape index (κ2) is 8.85. The monoisotopic (exact) mass is 555 g/mol. The van der Waals surface area contributed by atoms with Gasteiger partial charge in [0.2, 0.25) is 0 Å². The number of benzene rings is 3. The van der Waals surface area contributed by atoms with Crippen molar-refractivity contribution < 1.29 is 21.6 Å². The molecular formula is C22H14BrClF3N3O2S. The van der Waals surface area contributed by atoms with Gasteiger partial charge in [0.25, 0.3) is 10.0 Å². The first kappa shape index (κ1) is 23.3. The fraction of sp³-hybridized carbons (Fsp3) is 0.0455. The molecule has 170 valence electrons. The average Bonchev–Trinajstić information content (AvgIpc) is 3.09. The van der Waals surface area contributed by atoms with Gasteiger partial charge in [-0.25, -0.2) is 13.1 Å². The third-order valence-corrected chi connectivity index (χ3v) is 7.03. The third-order valence-electron chi connectivity index (χ3n) is 4.67. The number of nitrogens with one attached hydrogen (secondary N) is 1. The fourth-order valence-corrected chi connectivity index (χ4v) is 4.93. The summed E-state index contributed by atoms with van der Waals surface area (Å²) in [6, 6.07) is 19.2. The first-order valence-electron chi connectivity index (χ1n) is 9.36. The van der Waals surface area contributed by atoms with E-state index in [-0.39, 0.29) is 10.7 Å². The van der Waals surface area contributed by atoms with Gasteiger partial charge in [0.15, 0.2) is 5.82 Å². The van der Waals surface area contributed by atoms with E-state index in [9.17, 15) is 21.6 Å². The van der Waals surface area contributed by atoms with Crippen LogP contribution in [0.4, 0.5) is 19.0 Å². The van der Waals surface area contributed by atoms with E-state index in [0.717, 1.165) is 17.7 Å². The molecule has 11 heteroatoms. The van der Waals surface area contributed by atoms with Crippen LogP contribution in [0.25, 0.3) is 16.9 Å². The lowest BCUT2D eigenvalue weighted by Crippen LogP contribution is -2.14. The number of anilines is 1. The van der Waals surface area contributed by atoms with E-state index >= 15 is 0 Å². The number of alkyl halides is 3. The Hall–Kier alpha value is -2.82. The van der Waals surface area contributed by atoms with E-state index in [4.69, 9.17) is 11.6 Å². The maximum Gasteiger partial charge on any atom is 0.416 e. The molecule has 0 amide bonds. The summed E-state index contributed by atoms with van der Waals surface area (Å²) in [6.45, 7) is 0. The molecule has 0 unspecified atom stereocenters. The van der Waals surface area contributed by atoms with Crippen molar-refractivity contribution in [2.45, 2.75) is 11.1 Å². The molecule has 0 saturated carbocycles. The Balaban J connectivity index is 1.77. The SMILES string of the molecule is O=S(=O)(Nc1nn(-c2ccc(Cl)cc2)c(-c2ccccc2)c1Br)c1ccc(C(F)(F)F)cc1. The molecule has 1 aromatic heterocycles. The summed E-state index contributed by atoms with van der Waals surface area (Å²) in [4.78, 5) is -0.329. The van der Waals surface area contributed by atoms with E-state index in [2.05, 4.69) is 25.8 Å². The van der Waals surface area contributed by atoms with Crippen LogP contribution >= 0.6 is 27.5 Å². The number of hydrogen-bond acceptors (Lipinski definition) is 3. The van der Waals surface area contributed by atoms with Gasteiger partial charge in [0.05, 0.1) is 26.3 Å². The van der Waals surface area contributed by atoms with Crippen molar-refractivity contribution in [3.8, 4) is 16.9 Å². The average molecular weight is 557 g/mol. The zero-order chi connectivity index (χ0) is 23.8. The summed E-state index contributed by atoms with van der Waals surface area (Å²) in [5.74, 6) is -0.0244. The molecule has 0 spiro atoms. The van der Waals surface area contributed by atoms with Gasteiger partial charge in [0, 0.05) is 10.6 Å². The molecule has 5 nitrogen and oxygen atoms in total. The first-order chi connectivity index (χ1) is 15.6. The van der Waals surface area contributed by atoms with Crippen LogP contribution in [0.5, 0.6) is 0 Å². The Bertz CT molecular complexity index is 1390. The molecule has 0 aliphatic carbocycles. The molecule has 0 atom stereocenters. The third kappa shape index (κ3) is 4.92. The standard InChI is InChI=1S/C22H14BrClF3N3O2S/c23-19-20(14-4-2-1-3-5-14)30(17-10-8-16(24)9-11-17)28-21(19)29-33(31,32)18-12-6-15(7-13-18)22(25,26)27/h1-13H,(H,28,29). The molecule has 4 rings (SSSR count). The van der Waals surface area contributed by atoms with Gasteiger partial charge < -0.3 is 0 Å². The number of halogens is 5. The second-order valence-corrected chi connectivity index (χ2v) is 9.80. The van der Waals surface area contributed by atoms with E-state index in [0.29, 0.717) is 33.0 Å². The minimum atomic E-state index is -4.57. The van der Waals surface area contributed by atoms with Gasteiger partial charge in [-0.15, -0.1) is 5.10 Å².